The lowest BCUT2D eigenvalue weighted by Gasteiger charge is -2.11. The van der Waals surface area contributed by atoms with E-state index >= 15 is 0 Å². The molecule has 0 aliphatic rings. The Morgan fingerprint density at radius 2 is 2.27 bits per heavy atom. The summed E-state index contributed by atoms with van der Waals surface area (Å²) in [5.74, 6) is 0.905. The van der Waals surface area contributed by atoms with E-state index in [-0.39, 0.29) is 5.97 Å². The highest BCUT2D eigenvalue weighted by Crippen LogP contribution is 2.00. The van der Waals surface area contributed by atoms with Crippen molar-refractivity contribution in [3.05, 3.63) is 11.6 Å². The molecule has 0 saturated carbocycles. The second-order valence-corrected chi connectivity index (χ2v) is 4.46. The average Bonchev–Trinajstić information content (AvgIpc) is 2.24. The maximum Gasteiger partial charge on any atom is 0.333 e. The Morgan fingerprint density at radius 3 is 2.80 bits per heavy atom. The topological polar surface area (TPSA) is 38.3 Å². The van der Waals surface area contributed by atoms with Crippen LogP contribution in [0.5, 0.6) is 0 Å². The Kier molecular flexibility index (Phi) is 8.52. The van der Waals surface area contributed by atoms with Gasteiger partial charge in [0, 0.05) is 18.2 Å². The Morgan fingerprint density at radius 1 is 1.60 bits per heavy atom. The Hall–Kier alpha value is -0.480. The zero-order chi connectivity index (χ0) is 11.7. The molecule has 0 fully saturated rings. The van der Waals surface area contributed by atoms with Crippen LogP contribution >= 0.6 is 11.8 Å². The van der Waals surface area contributed by atoms with Gasteiger partial charge in [0.1, 0.15) is 0 Å². The van der Waals surface area contributed by atoms with Gasteiger partial charge in [-0.15, -0.1) is 0 Å². The number of hydrogen-bond acceptors (Lipinski definition) is 4. The monoisotopic (exact) mass is 231 g/mol. The fraction of sp³-hybridized carbons (Fsp3) is 0.727. The summed E-state index contributed by atoms with van der Waals surface area (Å²) in [6, 6.07) is 0.485. The third-order valence-corrected chi connectivity index (χ3v) is 2.78. The number of methoxy groups -OCH3 is 1. The molecule has 88 valence electrons. The van der Waals surface area contributed by atoms with Crippen molar-refractivity contribution in [2.24, 2.45) is 0 Å². The molecule has 3 nitrogen and oxygen atoms in total. The van der Waals surface area contributed by atoms with Crippen molar-refractivity contribution in [2.45, 2.75) is 26.3 Å². The normalized spacial score (nSPS) is 13.7. The van der Waals surface area contributed by atoms with E-state index in [1.165, 1.54) is 7.11 Å². The molecule has 1 atom stereocenters. The first-order valence-corrected chi connectivity index (χ1v) is 6.48. The summed E-state index contributed by atoms with van der Waals surface area (Å²) in [5, 5.41) is 3.33. The van der Waals surface area contributed by atoms with Crippen molar-refractivity contribution in [1.29, 1.82) is 0 Å². The van der Waals surface area contributed by atoms with Crippen LogP contribution in [-0.2, 0) is 9.53 Å². The zero-order valence-corrected chi connectivity index (χ0v) is 10.8. The quantitative estimate of drug-likeness (QED) is 0.536. The molecule has 0 spiro atoms. The molecular weight excluding hydrogens is 210 g/mol. The summed E-state index contributed by atoms with van der Waals surface area (Å²) in [4.78, 5) is 11.0. The van der Waals surface area contributed by atoms with E-state index in [4.69, 9.17) is 0 Å². The zero-order valence-electron chi connectivity index (χ0n) is 10.0. The van der Waals surface area contributed by atoms with E-state index < -0.39 is 0 Å². The van der Waals surface area contributed by atoms with Gasteiger partial charge in [0.2, 0.25) is 0 Å². The van der Waals surface area contributed by atoms with Crippen molar-refractivity contribution in [3.8, 4) is 0 Å². The molecule has 1 N–H and O–H groups in total. The number of carbonyl (C=O) groups excluding carboxylic acids is 1. The molecule has 0 rings (SSSR count). The van der Waals surface area contributed by atoms with E-state index in [2.05, 4.69) is 23.2 Å². The average molecular weight is 231 g/mol. The number of rotatable bonds is 7. The maximum absolute atomic E-state index is 11.0. The van der Waals surface area contributed by atoms with Crippen LogP contribution < -0.4 is 5.32 Å². The third-order valence-electron chi connectivity index (χ3n) is 2.14. The van der Waals surface area contributed by atoms with Gasteiger partial charge in [-0.3, -0.25) is 0 Å². The van der Waals surface area contributed by atoms with E-state index in [1.807, 2.05) is 17.8 Å². The van der Waals surface area contributed by atoms with Gasteiger partial charge < -0.3 is 10.1 Å². The molecule has 0 bridgehead atoms. The fourth-order valence-corrected chi connectivity index (χ4v) is 1.64. The standard InChI is InChI=1S/C11H21NO2S/c1-9(11(13)14-3)5-7-12-10(2)6-8-15-4/h5,10,12H,6-8H2,1-4H3. The minimum absolute atomic E-state index is 0.256. The van der Waals surface area contributed by atoms with Gasteiger partial charge in [-0.1, -0.05) is 6.08 Å². The molecular formula is C11H21NO2S. The number of hydrogen-bond donors (Lipinski definition) is 1. The van der Waals surface area contributed by atoms with Crippen LogP contribution in [0.15, 0.2) is 11.6 Å². The highest BCUT2D eigenvalue weighted by molar-refractivity contribution is 7.98. The van der Waals surface area contributed by atoms with Crippen molar-refractivity contribution < 1.29 is 9.53 Å². The van der Waals surface area contributed by atoms with Gasteiger partial charge in [0.25, 0.3) is 0 Å². The van der Waals surface area contributed by atoms with Crippen LogP contribution in [0.2, 0.25) is 0 Å². The highest BCUT2D eigenvalue weighted by Gasteiger charge is 2.02. The molecule has 0 aliphatic heterocycles. The number of esters is 1. The predicted octanol–water partition coefficient (Wildman–Crippen LogP) is 1.84. The Bertz CT molecular complexity index is 217. The molecule has 0 radical (unpaired) electrons. The van der Waals surface area contributed by atoms with E-state index in [0.29, 0.717) is 11.6 Å². The molecule has 0 aliphatic carbocycles. The summed E-state index contributed by atoms with van der Waals surface area (Å²) in [5.41, 5.74) is 0.655. The van der Waals surface area contributed by atoms with E-state index in [1.54, 1.807) is 6.92 Å². The number of carbonyl (C=O) groups is 1. The van der Waals surface area contributed by atoms with Crippen molar-refractivity contribution >= 4 is 17.7 Å². The van der Waals surface area contributed by atoms with Crippen molar-refractivity contribution in [3.63, 3.8) is 0 Å². The molecule has 0 aromatic heterocycles. The molecule has 1 unspecified atom stereocenters. The lowest BCUT2D eigenvalue weighted by atomic mass is 10.2. The molecule has 0 amide bonds. The summed E-state index contributed by atoms with van der Waals surface area (Å²) >= 11 is 1.85. The SMILES string of the molecule is COC(=O)C(C)=CCNC(C)CCSC. The van der Waals surface area contributed by atoms with Gasteiger partial charge in [-0.25, -0.2) is 4.79 Å². The van der Waals surface area contributed by atoms with Gasteiger partial charge in [0.15, 0.2) is 0 Å². The minimum atomic E-state index is -0.256. The van der Waals surface area contributed by atoms with Crippen LogP contribution in [0.4, 0.5) is 0 Å². The molecule has 0 aromatic carbocycles. The summed E-state index contributed by atoms with van der Waals surface area (Å²) in [6.45, 7) is 4.63. The number of thioether (sulfide) groups is 1. The van der Waals surface area contributed by atoms with Crippen LogP contribution in [-0.4, -0.2) is 37.7 Å². The summed E-state index contributed by atoms with van der Waals surface area (Å²) in [6.07, 6.45) is 5.11. The van der Waals surface area contributed by atoms with E-state index in [9.17, 15) is 4.79 Å². The van der Waals surface area contributed by atoms with E-state index in [0.717, 1.165) is 18.7 Å². The number of ether oxygens (including phenoxy) is 1. The van der Waals surface area contributed by atoms with Gasteiger partial charge >= 0.3 is 5.97 Å². The second kappa shape index (κ2) is 8.80. The lowest BCUT2D eigenvalue weighted by Crippen LogP contribution is -2.27. The largest absolute Gasteiger partial charge is 0.466 e. The van der Waals surface area contributed by atoms with Crippen LogP contribution in [0.1, 0.15) is 20.3 Å². The molecule has 0 heterocycles. The summed E-state index contributed by atoms with van der Waals surface area (Å²) < 4.78 is 4.60. The predicted molar refractivity (Wildman–Crippen MR) is 66.2 cm³/mol. The molecule has 0 aromatic rings. The van der Waals surface area contributed by atoms with Crippen molar-refractivity contribution in [1.82, 2.24) is 5.32 Å². The fourth-order valence-electron chi connectivity index (χ4n) is 1.05. The number of nitrogens with one attached hydrogen (secondary N) is 1. The Labute approximate surface area is 96.6 Å². The molecule has 0 saturated heterocycles. The Balaban J connectivity index is 3.71. The lowest BCUT2D eigenvalue weighted by molar-refractivity contribution is -0.136. The van der Waals surface area contributed by atoms with Crippen LogP contribution in [0.3, 0.4) is 0 Å². The van der Waals surface area contributed by atoms with Crippen LogP contribution in [0.25, 0.3) is 0 Å². The first-order valence-electron chi connectivity index (χ1n) is 5.09. The molecule has 15 heavy (non-hydrogen) atoms. The smallest absolute Gasteiger partial charge is 0.333 e. The van der Waals surface area contributed by atoms with Crippen molar-refractivity contribution in [2.75, 3.05) is 25.7 Å². The highest BCUT2D eigenvalue weighted by atomic mass is 32.2. The first kappa shape index (κ1) is 14.5. The van der Waals surface area contributed by atoms with Gasteiger partial charge in [-0.2, -0.15) is 11.8 Å². The van der Waals surface area contributed by atoms with Gasteiger partial charge in [-0.05, 0) is 32.3 Å². The van der Waals surface area contributed by atoms with Gasteiger partial charge in [0.05, 0.1) is 7.11 Å². The van der Waals surface area contributed by atoms with Crippen LogP contribution in [0, 0.1) is 0 Å². The maximum atomic E-state index is 11.0. The summed E-state index contributed by atoms with van der Waals surface area (Å²) in [7, 11) is 1.40. The minimum Gasteiger partial charge on any atom is -0.466 e. The third kappa shape index (κ3) is 7.45. The first-order chi connectivity index (χ1) is 7.11. The second-order valence-electron chi connectivity index (χ2n) is 3.47. The molecule has 4 heteroatoms.